The first-order valence-electron chi connectivity index (χ1n) is 3.81. The summed E-state index contributed by atoms with van der Waals surface area (Å²) in [5, 5.41) is 0.837. The van der Waals surface area contributed by atoms with Crippen LogP contribution >= 0.6 is 15.9 Å². The lowest BCUT2D eigenvalue weighted by Crippen LogP contribution is -2.14. The minimum Gasteiger partial charge on any atom is -0.349 e. The molecule has 0 atom stereocenters. The molecule has 11 heavy (non-hydrogen) atoms. The van der Waals surface area contributed by atoms with Crippen molar-refractivity contribution < 1.29 is 9.47 Å². The summed E-state index contributed by atoms with van der Waals surface area (Å²) in [6.45, 7) is 5.26. The van der Waals surface area contributed by atoms with Crippen LogP contribution in [0.2, 0.25) is 0 Å². The molecule has 0 heterocycles. The van der Waals surface area contributed by atoms with Crippen LogP contribution in [-0.4, -0.2) is 24.8 Å². The van der Waals surface area contributed by atoms with Crippen LogP contribution in [0.4, 0.5) is 0 Å². The van der Waals surface area contributed by atoms with E-state index in [0.29, 0.717) is 13.2 Å². The molecule has 0 aliphatic carbocycles. The Labute approximate surface area is 76.7 Å². The van der Waals surface area contributed by atoms with Crippen LogP contribution < -0.4 is 0 Å². The lowest BCUT2D eigenvalue weighted by molar-refractivity contribution is -0.103. The van der Waals surface area contributed by atoms with Crippen LogP contribution in [0.15, 0.2) is 12.2 Å². The van der Waals surface area contributed by atoms with Crippen LogP contribution in [0.5, 0.6) is 0 Å². The molecule has 0 aliphatic rings. The van der Waals surface area contributed by atoms with E-state index in [9.17, 15) is 0 Å². The molecule has 0 aliphatic heterocycles. The van der Waals surface area contributed by atoms with Crippen molar-refractivity contribution >= 4 is 15.9 Å². The highest BCUT2D eigenvalue weighted by molar-refractivity contribution is 9.09. The zero-order valence-electron chi connectivity index (χ0n) is 7.05. The van der Waals surface area contributed by atoms with Gasteiger partial charge in [0.1, 0.15) is 0 Å². The van der Waals surface area contributed by atoms with Crippen LogP contribution in [0, 0.1) is 0 Å². The van der Waals surface area contributed by atoms with E-state index in [1.54, 1.807) is 0 Å². The molecule has 0 spiro atoms. The van der Waals surface area contributed by atoms with Crippen LogP contribution in [0.25, 0.3) is 0 Å². The van der Waals surface area contributed by atoms with Gasteiger partial charge in [-0.2, -0.15) is 0 Å². The Morgan fingerprint density at radius 1 is 1.27 bits per heavy atom. The van der Waals surface area contributed by atoms with Gasteiger partial charge in [-0.15, -0.1) is 0 Å². The number of hydrogen-bond acceptors (Lipinski definition) is 2. The fourth-order valence-electron chi connectivity index (χ4n) is 0.650. The summed E-state index contributed by atoms with van der Waals surface area (Å²) >= 11 is 3.28. The molecular formula is C8H15BrO2. The maximum Gasteiger partial charge on any atom is 0.176 e. The van der Waals surface area contributed by atoms with E-state index in [1.807, 2.05) is 26.0 Å². The molecule has 0 aromatic heterocycles. The summed E-state index contributed by atoms with van der Waals surface area (Å²) in [6, 6.07) is 0. The molecule has 2 nitrogen and oxygen atoms in total. The Kier molecular flexibility index (Phi) is 8.34. The summed E-state index contributed by atoms with van der Waals surface area (Å²) in [5.74, 6) is 0. The molecule has 0 unspecified atom stereocenters. The van der Waals surface area contributed by atoms with Gasteiger partial charge in [0, 0.05) is 18.5 Å². The van der Waals surface area contributed by atoms with E-state index in [4.69, 9.17) is 9.47 Å². The van der Waals surface area contributed by atoms with Crippen LogP contribution in [0.3, 0.4) is 0 Å². The molecule has 0 amide bonds. The lowest BCUT2D eigenvalue weighted by atomic mass is 10.5. The normalized spacial score (nSPS) is 11.6. The van der Waals surface area contributed by atoms with E-state index >= 15 is 0 Å². The van der Waals surface area contributed by atoms with Gasteiger partial charge in [0.15, 0.2) is 6.29 Å². The second-order valence-electron chi connectivity index (χ2n) is 1.86. The summed E-state index contributed by atoms with van der Waals surface area (Å²) in [4.78, 5) is 0. The monoisotopic (exact) mass is 222 g/mol. The predicted molar refractivity (Wildman–Crippen MR) is 50.0 cm³/mol. The van der Waals surface area contributed by atoms with Crippen LogP contribution in [-0.2, 0) is 9.47 Å². The molecule has 0 aromatic rings. The quantitative estimate of drug-likeness (QED) is 0.391. The first-order valence-corrected chi connectivity index (χ1v) is 4.93. The van der Waals surface area contributed by atoms with E-state index in [2.05, 4.69) is 15.9 Å². The van der Waals surface area contributed by atoms with Crippen molar-refractivity contribution in [2.45, 2.75) is 20.1 Å². The fourth-order valence-corrected chi connectivity index (χ4v) is 0.866. The molecule has 3 heteroatoms. The second kappa shape index (κ2) is 8.24. The molecule has 0 N–H and O–H groups in total. The first kappa shape index (κ1) is 11.1. The van der Waals surface area contributed by atoms with Gasteiger partial charge < -0.3 is 9.47 Å². The van der Waals surface area contributed by atoms with Crippen molar-refractivity contribution in [3.8, 4) is 0 Å². The first-order chi connectivity index (χ1) is 5.35. The number of alkyl halides is 1. The van der Waals surface area contributed by atoms with E-state index in [1.165, 1.54) is 0 Å². The van der Waals surface area contributed by atoms with E-state index in [0.717, 1.165) is 5.33 Å². The van der Waals surface area contributed by atoms with Gasteiger partial charge in [0.25, 0.3) is 0 Å². The molecule has 0 radical (unpaired) electrons. The molecule has 66 valence electrons. The molecule has 0 rings (SSSR count). The highest BCUT2D eigenvalue weighted by Crippen LogP contribution is 1.97. The Morgan fingerprint density at radius 2 is 1.82 bits per heavy atom. The van der Waals surface area contributed by atoms with Crippen molar-refractivity contribution in [3.63, 3.8) is 0 Å². The third-order valence-corrected chi connectivity index (χ3v) is 1.42. The lowest BCUT2D eigenvalue weighted by Gasteiger charge is -2.11. The van der Waals surface area contributed by atoms with Crippen LogP contribution in [0.1, 0.15) is 13.8 Å². The van der Waals surface area contributed by atoms with Gasteiger partial charge >= 0.3 is 0 Å². The third kappa shape index (κ3) is 6.53. The highest BCUT2D eigenvalue weighted by Gasteiger charge is 2.00. The number of allylic oxidation sites excluding steroid dienone is 1. The Bertz CT molecular complexity index is 98.3. The third-order valence-electron chi connectivity index (χ3n) is 1.04. The smallest absolute Gasteiger partial charge is 0.176 e. The maximum absolute atomic E-state index is 5.25. The minimum absolute atomic E-state index is 0.178. The van der Waals surface area contributed by atoms with Gasteiger partial charge in [-0.1, -0.05) is 22.0 Å². The maximum atomic E-state index is 5.25. The summed E-state index contributed by atoms with van der Waals surface area (Å²) in [6.07, 6.45) is 3.69. The number of hydrogen-bond donors (Lipinski definition) is 0. The highest BCUT2D eigenvalue weighted by atomic mass is 79.9. The molecule has 0 aromatic carbocycles. The van der Waals surface area contributed by atoms with E-state index < -0.39 is 0 Å². The van der Waals surface area contributed by atoms with E-state index in [-0.39, 0.29) is 6.29 Å². The second-order valence-corrected chi connectivity index (χ2v) is 2.51. The van der Waals surface area contributed by atoms with Crippen molar-refractivity contribution in [1.29, 1.82) is 0 Å². The summed E-state index contributed by atoms with van der Waals surface area (Å²) in [7, 11) is 0. The van der Waals surface area contributed by atoms with Gasteiger partial charge in [-0.3, -0.25) is 0 Å². The number of halogens is 1. The largest absolute Gasteiger partial charge is 0.349 e. The standard InChI is InChI=1S/C8H15BrO2/c1-3-10-8(11-4-2)6-5-7-9/h5-6,8H,3-4,7H2,1-2H3/b6-5+. The minimum atomic E-state index is -0.178. The molecule has 0 saturated heterocycles. The molecule has 0 saturated carbocycles. The average Bonchev–Trinajstić information content (AvgIpc) is 2.01. The number of ether oxygens (including phenoxy) is 2. The Morgan fingerprint density at radius 3 is 2.18 bits per heavy atom. The van der Waals surface area contributed by atoms with Gasteiger partial charge in [0.05, 0.1) is 0 Å². The molecule has 0 fully saturated rings. The zero-order valence-corrected chi connectivity index (χ0v) is 8.63. The summed E-state index contributed by atoms with van der Waals surface area (Å²) in [5.41, 5.74) is 0. The topological polar surface area (TPSA) is 18.5 Å². The Hall–Kier alpha value is 0.140. The van der Waals surface area contributed by atoms with Crippen molar-refractivity contribution in [3.05, 3.63) is 12.2 Å². The van der Waals surface area contributed by atoms with Crippen molar-refractivity contribution in [2.24, 2.45) is 0 Å². The summed E-state index contributed by atoms with van der Waals surface area (Å²) < 4.78 is 10.5. The molecule has 0 bridgehead atoms. The average molecular weight is 223 g/mol. The van der Waals surface area contributed by atoms with Gasteiger partial charge in [-0.25, -0.2) is 0 Å². The molecular weight excluding hydrogens is 208 g/mol. The van der Waals surface area contributed by atoms with Gasteiger partial charge in [-0.05, 0) is 19.9 Å². The van der Waals surface area contributed by atoms with Crippen molar-refractivity contribution in [1.82, 2.24) is 0 Å². The van der Waals surface area contributed by atoms with Gasteiger partial charge in [0.2, 0.25) is 0 Å². The zero-order chi connectivity index (χ0) is 8.53. The SMILES string of the molecule is CCOC(/C=C/CBr)OCC. The predicted octanol–water partition coefficient (Wildman–Crippen LogP) is 2.34. The number of rotatable bonds is 6. The fraction of sp³-hybridized carbons (Fsp3) is 0.750. The Balaban J connectivity index is 3.58. The van der Waals surface area contributed by atoms with Crippen molar-refractivity contribution in [2.75, 3.05) is 18.5 Å².